The van der Waals surface area contributed by atoms with E-state index < -0.39 is 0 Å². The zero-order chi connectivity index (χ0) is 26.7. The SMILES string of the molecule is CCCCCCCCCCCCCCCCCCNC(=O)[C@@H]1CSC(c2ccc(-c3ccccc3)cc2)N1.Cl. The summed E-state index contributed by atoms with van der Waals surface area (Å²) < 4.78 is 0. The number of carbonyl (C=O) groups excluding carboxylic acids is 1. The van der Waals surface area contributed by atoms with Crippen LogP contribution in [0.1, 0.15) is 121 Å². The molecule has 1 saturated heterocycles. The Morgan fingerprint density at radius 3 is 1.74 bits per heavy atom. The summed E-state index contributed by atoms with van der Waals surface area (Å²) in [6.07, 6.45) is 22.0. The molecule has 0 saturated carbocycles. The lowest BCUT2D eigenvalue weighted by Crippen LogP contribution is -2.42. The molecule has 2 aromatic rings. The molecule has 1 fully saturated rings. The summed E-state index contributed by atoms with van der Waals surface area (Å²) in [6.45, 7) is 3.09. The molecule has 0 radical (unpaired) electrons. The summed E-state index contributed by atoms with van der Waals surface area (Å²) in [5.74, 6) is 0.984. The first-order valence-electron chi connectivity index (χ1n) is 15.6. The maximum Gasteiger partial charge on any atom is 0.238 e. The second-order valence-electron chi connectivity index (χ2n) is 11.0. The van der Waals surface area contributed by atoms with Crippen molar-refractivity contribution in [2.75, 3.05) is 12.3 Å². The molecule has 2 N–H and O–H groups in total. The molecular formula is C34H53ClN2OS. The van der Waals surface area contributed by atoms with Crippen molar-refractivity contribution < 1.29 is 4.79 Å². The van der Waals surface area contributed by atoms with Crippen molar-refractivity contribution in [1.29, 1.82) is 0 Å². The first kappa shape index (κ1) is 33.7. The lowest BCUT2D eigenvalue weighted by Gasteiger charge is -2.14. The van der Waals surface area contributed by atoms with Crippen LogP contribution < -0.4 is 10.6 Å². The van der Waals surface area contributed by atoms with Crippen LogP contribution in [0.15, 0.2) is 54.6 Å². The summed E-state index contributed by atoms with van der Waals surface area (Å²) in [5, 5.41) is 6.87. The van der Waals surface area contributed by atoms with Crippen LogP contribution in [-0.2, 0) is 4.79 Å². The molecule has 218 valence electrons. The minimum Gasteiger partial charge on any atom is -0.355 e. The molecule has 1 heterocycles. The van der Waals surface area contributed by atoms with Gasteiger partial charge in [-0.2, -0.15) is 0 Å². The van der Waals surface area contributed by atoms with Crippen molar-refractivity contribution in [2.45, 2.75) is 121 Å². The highest BCUT2D eigenvalue weighted by molar-refractivity contribution is 7.99. The number of nitrogens with one attached hydrogen (secondary N) is 2. The minimum atomic E-state index is -0.0974. The molecule has 0 spiro atoms. The Kier molecular flexibility index (Phi) is 18.4. The van der Waals surface area contributed by atoms with Crippen LogP contribution >= 0.6 is 24.2 Å². The highest BCUT2D eigenvalue weighted by Crippen LogP contribution is 2.33. The van der Waals surface area contributed by atoms with Crippen molar-refractivity contribution in [3.05, 3.63) is 60.2 Å². The number of carbonyl (C=O) groups is 1. The van der Waals surface area contributed by atoms with Gasteiger partial charge in [0.25, 0.3) is 0 Å². The van der Waals surface area contributed by atoms with E-state index in [4.69, 9.17) is 0 Å². The number of amides is 1. The van der Waals surface area contributed by atoms with Gasteiger partial charge in [0, 0.05) is 12.3 Å². The molecule has 3 nitrogen and oxygen atoms in total. The number of unbranched alkanes of at least 4 members (excludes halogenated alkanes) is 15. The van der Waals surface area contributed by atoms with Crippen molar-refractivity contribution in [3.63, 3.8) is 0 Å². The van der Waals surface area contributed by atoms with E-state index in [0.717, 1.165) is 18.7 Å². The molecule has 0 aliphatic carbocycles. The van der Waals surface area contributed by atoms with Crippen LogP contribution in [0.2, 0.25) is 0 Å². The van der Waals surface area contributed by atoms with Crippen molar-refractivity contribution >= 4 is 30.1 Å². The molecule has 39 heavy (non-hydrogen) atoms. The van der Waals surface area contributed by atoms with E-state index in [2.05, 4.69) is 66.1 Å². The van der Waals surface area contributed by atoms with Gasteiger partial charge in [0.2, 0.25) is 5.91 Å². The number of hydrogen-bond acceptors (Lipinski definition) is 3. The summed E-state index contributed by atoms with van der Waals surface area (Å²) >= 11 is 1.83. The average Bonchev–Trinajstić information content (AvgIpc) is 3.46. The molecule has 1 aliphatic rings. The predicted molar refractivity (Wildman–Crippen MR) is 174 cm³/mol. The van der Waals surface area contributed by atoms with Gasteiger partial charge < -0.3 is 5.32 Å². The van der Waals surface area contributed by atoms with Gasteiger partial charge in [-0.05, 0) is 23.1 Å². The molecule has 1 aliphatic heterocycles. The highest BCUT2D eigenvalue weighted by atomic mass is 35.5. The minimum absolute atomic E-state index is 0. The Hall–Kier alpha value is -1.49. The Bertz CT molecular complexity index is 877. The zero-order valence-electron chi connectivity index (χ0n) is 24.3. The Balaban J connectivity index is 0.00000533. The summed E-state index contributed by atoms with van der Waals surface area (Å²) in [4.78, 5) is 12.6. The third kappa shape index (κ3) is 13.6. The standard InChI is InChI=1S/C34H52N2OS.ClH/c1-2-3-4-5-6-7-8-9-10-11-12-13-14-15-16-20-27-35-33(37)32-28-38-34(36-32)31-25-23-30(24-26-31)29-21-18-17-19-22-29;/h17-19,21-26,32,34,36H,2-16,20,27-28H2,1H3,(H,35,37);1H/t32-,34?;/m0./s1. The number of rotatable bonds is 20. The van der Waals surface area contributed by atoms with Crippen LogP contribution in [0.4, 0.5) is 0 Å². The van der Waals surface area contributed by atoms with Gasteiger partial charge in [0.1, 0.15) is 0 Å². The number of thioether (sulfide) groups is 1. The molecule has 1 amide bonds. The summed E-state index contributed by atoms with van der Waals surface area (Å²) in [5.41, 5.74) is 3.70. The molecule has 3 rings (SSSR count). The first-order valence-corrected chi connectivity index (χ1v) is 16.6. The molecule has 0 aromatic heterocycles. The fourth-order valence-electron chi connectivity index (χ4n) is 5.30. The van der Waals surface area contributed by atoms with Crippen LogP contribution in [0.5, 0.6) is 0 Å². The highest BCUT2D eigenvalue weighted by Gasteiger charge is 2.30. The molecule has 2 atom stereocenters. The monoisotopic (exact) mass is 572 g/mol. The molecule has 5 heteroatoms. The lowest BCUT2D eigenvalue weighted by atomic mass is 10.0. The smallest absolute Gasteiger partial charge is 0.238 e. The van der Waals surface area contributed by atoms with E-state index >= 15 is 0 Å². The second kappa shape index (κ2) is 21.3. The van der Waals surface area contributed by atoms with Crippen LogP contribution in [0, 0.1) is 0 Å². The van der Waals surface area contributed by atoms with Gasteiger partial charge in [0.15, 0.2) is 0 Å². The average molecular weight is 573 g/mol. The number of halogens is 1. The number of benzene rings is 2. The summed E-state index contributed by atoms with van der Waals surface area (Å²) in [6, 6.07) is 19.1. The fraction of sp³-hybridized carbons (Fsp3) is 0.618. The normalized spacial score (nSPS) is 16.6. The van der Waals surface area contributed by atoms with Gasteiger partial charge in [-0.15, -0.1) is 24.2 Å². The van der Waals surface area contributed by atoms with E-state index in [1.807, 2.05) is 17.8 Å². The second-order valence-corrected chi connectivity index (χ2v) is 12.2. The van der Waals surface area contributed by atoms with E-state index in [1.165, 1.54) is 113 Å². The molecular weight excluding hydrogens is 520 g/mol. The van der Waals surface area contributed by atoms with Gasteiger partial charge in [-0.25, -0.2) is 0 Å². The van der Waals surface area contributed by atoms with E-state index in [9.17, 15) is 4.79 Å². The third-order valence-electron chi connectivity index (χ3n) is 7.75. The first-order chi connectivity index (χ1) is 18.8. The van der Waals surface area contributed by atoms with Gasteiger partial charge in [-0.3, -0.25) is 10.1 Å². The van der Waals surface area contributed by atoms with Crippen molar-refractivity contribution in [2.24, 2.45) is 0 Å². The van der Waals surface area contributed by atoms with Crippen molar-refractivity contribution in [3.8, 4) is 11.1 Å². The maximum atomic E-state index is 12.6. The van der Waals surface area contributed by atoms with Gasteiger partial charge in [-0.1, -0.05) is 158 Å². The van der Waals surface area contributed by atoms with Crippen LogP contribution in [0.25, 0.3) is 11.1 Å². The van der Waals surface area contributed by atoms with E-state index in [-0.39, 0.29) is 29.7 Å². The third-order valence-corrected chi connectivity index (χ3v) is 9.02. The molecule has 1 unspecified atom stereocenters. The van der Waals surface area contributed by atoms with Crippen LogP contribution in [0.3, 0.4) is 0 Å². The zero-order valence-corrected chi connectivity index (χ0v) is 25.9. The predicted octanol–water partition coefficient (Wildman–Crippen LogP) is 9.86. The van der Waals surface area contributed by atoms with E-state index in [0.29, 0.717) is 0 Å². The molecule has 2 aromatic carbocycles. The Morgan fingerprint density at radius 2 is 1.21 bits per heavy atom. The van der Waals surface area contributed by atoms with Crippen molar-refractivity contribution in [1.82, 2.24) is 10.6 Å². The maximum absolute atomic E-state index is 12.6. The Labute approximate surface area is 249 Å². The number of hydrogen-bond donors (Lipinski definition) is 2. The fourth-order valence-corrected chi connectivity index (χ4v) is 6.55. The topological polar surface area (TPSA) is 41.1 Å². The molecule has 0 bridgehead atoms. The Morgan fingerprint density at radius 1 is 0.718 bits per heavy atom. The van der Waals surface area contributed by atoms with Gasteiger partial charge >= 0.3 is 0 Å². The largest absolute Gasteiger partial charge is 0.355 e. The lowest BCUT2D eigenvalue weighted by molar-refractivity contribution is -0.122. The quantitative estimate of drug-likeness (QED) is 0.155. The van der Waals surface area contributed by atoms with Gasteiger partial charge in [0.05, 0.1) is 11.4 Å². The van der Waals surface area contributed by atoms with Crippen LogP contribution in [-0.4, -0.2) is 24.2 Å². The van der Waals surface area contributed by atoms with E-state index in [1.54, 1.807) is 0 Å². The summed E-state index contributed by atoms with van der Waals surface area (Å²) in [7, 11) is 0.